The molecule has 2 aliphatic heterocycles. The predicted molar refractivity (Wildman–Crippen MR) is 97.7 cm³/mol. The van der Waals surface area contributed by atoms with E-state index in [9.17, 15) is 14.7 Å². The number of piperazine rings is 1. The first-order valence-electron chi connectivity index (χ1n) is 8.26. The van der Waals surface area contributed by atoms with Gasteiger partial charge < -0.3 is 20.2 Å². The first kappa shape index (κ1) is 20.0. The second kappa shape index (κ2) is 8.85. The Morgan fingerprint density at radius 2 is 2.08 bits per heavy atom. The maximum absolute atomic E-state index is 12.7. The molecule has 138 valence electrons. The molecule has 8 heteroatoms. The summed E-state index contributed by atoms with van der Waals surface area (Å²) in [4.78, 5) is 28.3. The number of halogens is 2. The van der Waals surface area contributed by atoms with E-state index in [0.717, 1.165) is 5.56 Å². The van der Waals surface area contributed by atoms with Gasteiger partial charge in [-0.2, -0.15) is 0 Å². The Balaban J connectivity index is 0.00000225. The summed E-state index contributed by atoms with van der Waals surface area (Å²) in [5, 5.41) is 13.3. The first-order valence-corrected chi connectivity index (χ1v) is 8.64. The zero-order chi connectivity index (χ0) is 17.1. The lowest BCUT2D eigenvalue weighted by Gasteiger charge is -2.33. The van der Waals surface area contributed by atoms with Crippen LogP contribution >= 0.6 is 24.0 Å². The molecule has 6 nitrogen and oxygen atoms in total. The Kier molecular flexibility index (Phi) is 7.07. The Labute approximate surface area is 158 Å². The topological polar surface area (TPSA) is 72.9 Å². The molecular weight excluding hydrogens is 365 g/mol. The van der Waals surface area contributed by atoms with Crippen molar-refractivity contribution in [1.29, 1.82) is 0 Å². The van der Waals surface area contributed by atoms with Gasteiger partial charge in [-0.15, -0.1) is 12.4 Å². The molecule has 0 radical (unpaired) electrons. The van der Waals surface area contributed by atoms with E-state index in [1.165, 1.54) is 0 Å². The molecule has 1 aromatic carbocycles. The van der Waals surface area contributed by atoms with Gasteiger partial charge in [0.25, 0.3) is 0 Å². The van der Waals surface area contributed by atoms with Crippen molar-refractivity contribution < 1.29 is 14.7 Å². The second-order valence-electron chi connectivity index (χ2n) is 6.34. The molecule has 2 amide bonds. The summed E-state index contributed by atoms with van der Waals surface area (Å²) < 4.78 is 0. The van der Waals surface area contributed by atoms with E-state index in [-0.39, 0.29) is 30.6 Å². The molecule has 0 saturated carbocycles. The molecule has 2 atom stereocenters. The van der Waals surface area contributed by atoms with Gasteiger partial charge >= 0.3 is 0 Å². The lowest BCUT2D eigenvalue weighted by atomic mass is 10.1. The average molecular weight is 388 g/mol. The van der Waals surface area contributed by atoms with E-state index in [4.69, 9.17) is 11.6 Å². The number of β-amino-alcohol motifs (C(OH)–C–C–N with tert-alkyl or cyclic N) is 1. The standard InChI is InChI=1S/C17H22ClN3O3.ClH/c18-14-4-2-1-3-12(14)10-21-8-6-19-15(17(21)24)9-16(23)20-7-5-13(22)11-20;/h1-4,13,15,19,22H,5-11H2;1H. The summed E-state index contributed by atoms with van der Waals surface area (Å²) in [6.07, 6.45) is 0.293. The quantitative estimate of drug-likeness (QED) is 0.809. The molecule has 1 aromatic rings. The molecule has 2 N–H and O–H groups in total. The number of rotatable bonds is 4. The van der Waals surface area contributed by atoms with Crippen LogP contribution in [0, 0.1) is 0 Å². The highest BCUT2D eigenvalue weighted by Crippen LogP contribution is 2.19. The number of benzene rings is 1. The van der Waals surface area contributed by atoms with Crippen molar-refractivity contribution >= 4 is 35.8 Å². The van der Waals surface area contributed by atoms with Crippen LogP contribution in [0.5, 0.6) is 0 Å². The van der Waals surface area contributed by atoms with Gasteiger partial charge in [0, 0.05) is 37.7 Å². The van der Waals surface area contributed by atoms with Crippen LogP contribution in [0.1, 0.15) is 18.4 Å². The SMILES string of the molecule is Cl.O=C(CC1NCCN(Cc2ccccc2Cl)C1=O)N1CCC(O)C1. The number of nitrogens with zero attached hydrogens (tertiary/aromatic N) is 2. The van der Waals surface area contributed by atoms with E-state index in [0.29, 0.717) is 44.2 Å². The third-order valence-electron chi connectivity index (χ3n) is 4.60. The molecule has 25 heavy (non-hydrogen) atoms. The largest absolute Gasteiger partial charge is 0.391 e. The van der Waals surface area contributed by atoms with Crippen molar-refractivity contribution in [2.45, 2.75) is 31.5 Å². The number of aliphatic hydroxyl groups excluding tert-OH is 1. The number of carbonyl (C=O) groups excluding carboxylic acids is 2. The number of amides is 2. The number of nitrogens with one attached hydrogen (secondary N) is 1. The van der Waals surface area contributed by atoms with Gasteiger partial charge in [-0.3, -0.25) is 9.59 Å². The van der Waals surface area contributed by atoms with Crippen LogP contribution in [-0.2, 0) is 16.1 Å². The monoisotopic (exact) mass is 387 g/mol. The number of likely N-dealkylation sites (tertiary alicyclic amines) is 1. The number of hydrogen-bond donors (Lipinski definition) is 2. The van der Waals surface area contributed by atoms with Gasteiger partial charge in [0.2, 0.25) is 11.8 Å². The molecule has 0 bridgehead atoms. The van der Waals surface area contributed by atoms with Crippen molar-refractivity contribution in [2.75, 3.05) is 26.2 Å². The van der Waals surface area contributed by atoms with Gasteiger partial charge in [0.05, 0.1) is 18.6 Å². The van der Waals surface area contributed by atoms with E-state index < -0.39 is 12.1 Å². The Morgan fingerprint density at radius 1 is 1.32 bits per heavy atom. The fourth-order valence-electron chi connectivity index (χ4n) is 3.21. The fraction of sp³-hybridized carbons (Fsp3) is 0.529. The molecule has 2 aliphatic rings. The van der Waals surface area contributed by atoms with Crippen LogP contribution in [0.25, 0.3) is 0 Å². The molecule has 2 fully saturated rings. The summed E-state index contributed by atoms with van der Waals surface area (Å²) >= 11 is 6.17. The minimum absolute atomic E-state index is 0. The molecule has 0 aromatic heterocycles. The van der Waals surface area contributed by atoms with Gasteiger partial charge in [-0.05, 0) is 18.1 Å². The van der Waals surface area contributed by atoms with E-state index in [1.54, 1.807) is 9.80 Å². The number of carbonyl (C=O) groups is 2. The Hall–Kier alpha value is -1.34. The van der Waals surface area contributed by atoms with Crippen LogP contribution in [0.3, 0.4) is 0 Å². The third kappa shape index (κ3) is 4.85. The van der Waals surface area contributed by atoms with Gasteiger partial charge in [-0.1, -0.05) is 29.8 Å². The first-order chi connectivity index (χ1) is 11.5. The van der Waals surface area contributed by atoms with Crippen molar-refractivity contribution in [3.63, 3.8) is 0 Å². The number of hydrogen-bond acceptors (Lipinski definition) is 4. The van der Waals surface area contributed by atoms with Crippen LogP contribution in [0.2, 0.25) is 5.02 Å². The zero-order valence-electron chi connectivity index (χ0n) is 13.9. The Morgan fingerprint density at radius 3 is 2.76 bits per heavy atom. The minimum Gasteiger partial charge on any atom is -0.391 e. The second-order valence-corrected chi connectivity index (χ2v) is 6.75. The van der Waals surface area contributed by atoms with Crippen LogP contribution in [0.15, 0.2) is 24.3 Å². The zero-order valence-corrected chi connectivity index (χ0v) is 15.4. The highest BCUT2D eigenvalue weighted by Gasteiger charge is 2.33. The normalized spacial score (nSPS) is 23.5. The fourth-order valence-corrected chi connectivity index (χ4v) is 3.41. The lowest BCUT2D eigenvalue weighted by molar-refractivity contribution is -0.141. The summed E-state index contributed by atoms with van der Waals surface area (Å²) in [6.45, 7) is 2.62. The average Bonchev–Trinajstić information content (AvgIpc) is 3.00. The molecule has 0 aliphatic carbocycles. The molecule has 2 heterocycles. The maximum atomic E-state index is 12.7. The highest BCUT2D eigenvalue weighted by molar-refractivity contribution is 6.31. The van der Waals surface area contributed by atoms with Gasteiger partial charge in [0.1, 0.15) is 0 Å². The van der Waals surface area contributed by atoms with E-state index >= 15 is 0 Å². The summed E-state index contributed by atoms with van der Waals surface area (Å²) in [7, 11) is 0. The summed E-state index contributed by atoms with van der Waals surface area (Å²) in [5.74, 6) is -0.161. The molecule has 3 rings (SSSR count). The smallest absolute Gasteiger partial charge is 0.240 e. The van der Waals surface area contributed by atoms with Gasteiger partial charge in [-0.25, -0.2) is 0 Å². The maximum Gasteiger partial charge on any atom is 0.240 e. The van der Waals surface area contributed by atoms with Crippen molar-refractivity contribution in [1.82, 2.24) is 15.1 Å². The van der Waals surface area contributed by atoms with Crippen molar-refractivity contribution in [3.8, 4) is 0 Å². The number of aliphatic hydroxyl groups is 1. The van der Waals surface area contributed by atoms with E-state index in [1.807, 2.05) is 24.3 Å². The summed E-state index contributed by atoms with van der Waals surface area (Å²) in [5.41, 5.74) is 0.905. The molecular formula is C17H23Cl2N3O3. The third-order valence-corrected chi connectivity index (χ3v) is 4.96. The predicted octanol–water partition coefficient (Wildman–Crippen LogP) is 1.05. The van der Waals surface area contributed by atoms with Crippen LogP contribution < -0.4 is 5.32 Å². The molecule has 2 saturated heterocycles. The summed E-state index contributed by atoms with van der Waals surface area (Å²) in [6, 6.07) is 6.96. The highest BCUT2D eigenvalue weighted by atomic mass is 35.5. The molecule has 0 spiro atoms. The lowest BCUT2D eigenvalue weighted by Crippen LogP contribution is -2.56. The van der Waals surface area contributed by atoms with Crippen molar-refractivity contribution in [2.24, 2.45) is 0 Å². The van der Waals surface area contributed by atoms with Gasteiger partial charge in [0.15, 0.2) is 0 Å². The Bertz CT molecular complexity index is 629. The van der Waals surface area contributed by atoms with Crippen molar-refractivity contribution in [3.05, 3.63) is 34.9 Å². The van der Waals surface area contributed by atoms with E-state index in [2.05, 4.69) is 5.32 Å². The van der Waals surface area contributed by atoms with Crippen LogP contribution in [0.4, 0.5) is 0 Å². The molecule has 2 unspecified atom stereocenters. The van der Waals surface area contributed by atoms with Crippen LogP contribution in [-0.4, -0.2) is 65.0 Å². The minimum atomic E-state index is -0.508.